The number of ether oxygens (including phenoxy) is 1. The number of carbonyl (C=O) groups excluding carboxylic acids is 1. The molecular weight excluding hydrogens is 213 g/mol. The Hall–Kier alpha value is -1.53. The molecule has 0 aliphatic heterocycles. The van der Waals surface area contributed by atoms with Crippen LogP contribution in [0.25, 0.3) is 0 Å². The molecule has 1 unspecified atom stereocenters. The number of halogens is 1. The Bertz CT molecular complexity index is 356. The van der Waals surface area contributed by atoms with E-state index in [1.807, 2.05) is 0 Å². The molecule has 16 heavy (non-hydrogen) atoms. The van der Waals surface area contributed by atoms with Gasteiger partial charge in [0, 0.05) is 13.7 Å². The standard InChI is InChI=1S/C10H14FN3O2/c1-16-7(6-12)5-10(15)14-9-4-2-3-8(11)13-9/h2-4,7H,5-6,12H2,1H3,(H,13,14,15). The number of pyridine rings is 1. The zero-order valence-corrected chi connectivity index (χ0v) is 8.94. The van der Waals surface area contributed by atoms with Gasteiger partial charge in [0.1, 0.15) is 5.82 Å². The number of rotatable bonds is 5. The summed E-state index contributed by atoms with van der Waals surface area (Å²) in [6, 6.07) is 4.17. The molecule has 0 bridgehead atoms. The number of hydrogen-bond donors (Lipinski definition) is 2. The smallest absolute Gasteiger partial charge is 0.228 e. The first-order valence-electron chi connectivity index (χ1n) is 4.81. The Balaban J connectivity index is 2.51. The van der Waals surface area contributed by atoms with Crippen molar-refractivity contribution in [2.75, 3.05) is 19.0 Å². The van der Waals surface area contributed by atoms with Crippen LogP contribution in [0.15, 0.2) is 18.2 Å². The van der Waals surface area contributed by atoms with Crippen LogP contribution in [0.4, 0.5) is 10.2 Å². The van der Waals surface area contributed by atoms with Gasteiger partial charge >= 0.3 is 0 Å². The molecule has 6 heteroatoms. The quantitative estimate of drug-likeness (QED) is 0.719. The van der Waals surface area contributed by atoms with Gasteiger partial charge in [0.25, 0.3) is 0 Å². The van der Waals surface area contributed by atoms with Crippen LogP contribution in [0.3, 0.4) is 0 Å². The van der Waals surface area contributed by atoms with E-state index in [1.165, 1.54) is 25.3 Å². The Labute approximate surface area is 92.8 Å². The molecule has 1 atom stereocenters. The minimum atomic E-state index is -0.639. The summed E-state index contributed by atoms with van der Waals surface area (Å²) < 4.78 is 17.7. The van der Waals surface area contributed by atoms with Gasteiger partial charge in [-0.1, -0.05) is 6.07 Å². The summed E-state index contributed by atoms with van der Waals surface area (Å²) in [4.78, 5) is 14.9. The highest BCUT2D eigenvalue weighted by molar-refractivity contribution is 5.90. The van der Waals surface area contributed by atoms with Crippen LogP contribution in [0.1, 0.15) is 6.42 Å². The fraction of sp³-hybridized carbons (Fsp3) is 0.400. The Kier molecular flexibility index (Phi) is 4.81. The normalized spacial score (nSPS) is 12.2. The molecular formula is C10H14FN3O2. The Morgan fingerprint density at radius 1 is 1.69 bits per heavy atom. The number of hydrogen-bond acceptors (Lipinski definition) is 4. The molecule has 1 heterocycles. The van der Waals surface area contributed by atoms with E-state index in [0.29, 0.717) is 0 Å². The van der Waals surface area contributed by atoms with Crippen molar-refractivity contribution in [3.05, 3.63) is 24.1 Å². The number of aromatic nitrogens is 1. The molecule has 0 spiro atoms. The molecule has 0 saturated heterocycles. The highest BCUT2D eigenvalue weighted by Crippen LogP contribution is 2.05. The molecule has 1 aromatic rings. The van der Waals surface area contributed by atoms with Crippen molar-refractivity contribution in [2.45, 2.75) is 12.5 Å². The van der Waals surface area contributed by atoms with Crippen LogP contribution in [-0.4, -0.2) is 30.6 Å². The van der Waals surface area contributed by atoms with Crippen LogP contribution in [0, 0.1) is 5.95 Å². The molecule has 1 amide bonds. The molecule has 88 valence electrons. The molecule has 0 fully saturated rings. The van der Waals surface area contributed by atoms with Crippen molar-refractivity contribution in [1.29, 1.82) is 0 Å². The SMILES string of the molecule is COC(CN)CC(=O)Nc1cccc(F)n1. The predicted octanol–water partition coefficient (Wildman–Crippen LogP) is 0.523. The van der Waals surface area contributed by atoms with Crippen LogP contribution >= 0.6 is 0 Å². The third-order valence-electron chi connectivity index (χ3n) is 1.99. The lowest BCUT2D eigenvalue weighted by Crippen LogP contribution is -2.28. The molecule has 0 saturated carbocycles. The van der Waals surface area contributed by atoms with Crippen LogP contribution < -0.4 is 11.1 Å². The summed E-state index contributed by atoms with van der Waals surface area (Å²) in [6.45, 7) is 0.250. The maximum absolute atomic E-state index is 12.7. The van der Waals surface area contributed by atoms with Crippen LogP contribution in [0.2, 0.25) is 0 Å². The number of anilines is 1. The Morgan fingerprint density at radius 2 is 2.44 bits per heavy atom. The molecule has 3 N–H and O–H groups in total. The zero-order valence-electron chi connectivity index (χ0n) is 8.94. The second kappa shape index (κ2) is 6.14. The molecule has 0 radical (unpaired) electrons. The lowest BCUT2D eigenvalue weighted by molar-refractivity contribution is -0.118. The number of nitrogens with zero attached hydrogens (tertiary/aromatic N) is 1. The fourth-order valence-electron chi connectivity index (χ4n) is 1.14. The first-order valence-corrected chi connectivity index (χ1v) is 4.81. The highest BCUT2D eigenvalue weighted by atomic mass is 19.1. The van der Waals surface area contributed by atoms with Gasteiger partial charge in [-0.05, 0) is 12.1 Å². The molecule has 0 aromatic carbocycles. The van der Waals surface area contributed by atoms with E-state index in [9.17, 15) is 9.18 Å². The predicted molar refractivity (Wildman–Crippen MR) is 57.3 cm³/mol. The summed E-state index contributed by atoms with van der Waals surface area (Å²) in [5.74, 6) is -0.771. The average molecular weight is 227 g/mol. The largest absolute Gasteiger partial charge is 0.380 e. The van der Waals surface area contributed by atoms with Crippen molar-refractivity contribution in [2.24, 2.45) is 5.73 Å². The maximum atomic E-state index is 12.7. The van der Waals surface area contributed by atoms with Crippen LogP contribution in [0.5, 0.6) is 0 Å². The average Bonchev–Trinajstić information content (AvgIpc) is 2.26. The molecule has 5 nitrogen and oxygen atoms in total. The van der Waals surface area contributed by atoms with Gasteiger partial charge in [0.2, 0.25) is 11.9 Å². The molecule has 0 aliphatic carbocycles. The van der Waals surface area contributed by atoms with Gasteiger partial charge in [-0.25, -0.2) is 4.98 Å². The van der Waals surface area contributed by atoms with Crippen LogP contribution in [-0.2, 0) is 9.53 Å². The van der Waals surface area contributed by atoms with Gasteiger partial charge in [0.15, 0.2) is 0 Å². The Morgan fingerprint density at radius 3 is 3.00 bits per heavy atom. The number of amides is 1. The highest BCUT2D eigenvalue weighted by Gasteiger charge is 2.11. The monoisotopic (exact) mass is 227 g/mol. The number of nitrogens with one attached hydrogen (secondary N) is 1. The number of methoxy groups -OCH3 is 1. The van der Waals surface area contributed by atoms with E-state index in [1.54, 1.807) is 0 Å². The summed E-state index contributed by atoms with van der Waals surface area (Å²) in [5.41, 5.74) is 5.37. The zero-order chi connectivity index (χ0) is 12.0. The first kappa shape index (κ1) is 12.5. The molecule has 1 rings (SSSR count). The van der Waals surface area contributed by atoms with Gasteiger partial charge in [0.05, 0.1) is 12.5 Å². The summed E-state index contributed by atoms with van der Waals surface area (Å²) in [7, 11) is 1.48. The van der Waals surface area contributed by atoms with E-state index in [4.69, 9.17) is 10.5 Å². The topological polar surface area (TPSA) is 77.2 Å². The van der Waals surface area contributed by atoms with Gasteiger partial charge in [-0.3, -0.25) is 4.79 Å². The molecule has 1 aromatic heterocycles. The van der Waals surface area contributed by atoms with Crippen molar-refractivity contribution in [1.82, 2.24) is 4.98 Å². The van der Waals surface area contributed by atoms with E-state index in [-0.39, 0.29) is 30.8 Å². The minimum absolute atomic E-state index is 0.116. The fourth-order valence-corrected chi connectivity index (χ4v) is 1.14. The van der Waals surface area contributed by atoms with Crippen molar-refractivity contribution < 1.29 is 13.9 Å². The van der Waals surface area contributed by atoms with Gasteiger partial charge in [-0.15, -0.1) is 0 Å². The third kappa shape index (κ3) is 3.92. The van der Waals surface area contributed by atoms with E-state index < -0.39 is 5.95 Å². The maximum Gasteiger partial charge on any atom is 0.228 e. The lowest BCUT2D eigenvalue weighted by atomic mass is 10.2. The van der Waals surface area contributed by atoms with Crippen molar-refractivity contribution in [3.63, 3.8) is 0 Å². The van der Waals surface area contributed by atoms with Gasteiger partial charge < -0.3 is 15.8 Å². The van der Waals surface area contributed by atoms with E-state index >= 15 is 0 Å². The lowest BCUT2D eigenvalue weighted by Gasteiger charge is -2.12. The third-order valence-corrected chi connectivity index (χ3v) is 1.99. The number of nitrogens with two attached hydrogens (primary N) is 1. The second-order valence-electron chi connectivity index (χ2n) is 3.19. The molecule has 0 aliphatic rings. The van der Waals surface area contributed by atoms with E-state index in [0.717, 1.165) is 0 Å². The van der Waals surface area contributed by atoms with Crippen molar-refractivity contribution in [3.8, 4) is 0 Å². The van der Waals surface area contributed by atoms with Crippen molar-refractivity contribution >= 4 is 11.7 Å². The number of carbonyl (C=O) groups is 1. The summed E-state index contributed by atoms with van der Waals surface area (Å²) in [5, 5.41) is 2.46. The summed E-state index contributed by atoms with van der Waals surface area (Å²) >= 11 is 0. The van der Waals surface area contributed by atoms with E-state index in [2.05, 4.69) is 10.3 Å². The van der Waals surface area contributed by atoms with Gasteiger partial charge in [-0.2, -0.15) is 4.39 Å². The minimum Gasteiger partial charge on any atom is -0.380 e. The summed E-state index contributed by atoms with van der Waals surface area (Å²) in [6.07, 6.45) is -0.223. The first-order chi connectivity index (χ1) is 7.65. The second-order valence-corrected chi connectivity index (χ2v) is 3.19.